The van der Waals surface area contributed by atoms with E-state index in [1.807, 2.05) is 97.1 Å². The molecular weight excluding hydrogens is 585 g/mol. The van der Waals surface area contributed by atoms with Crippen molar-refractivity contribution < 1.29 is 4.42 Å². The molecule has 9 rings (SSSR count). The van der Waals surface area contributed by atoms with Gasteiger partial charge in [-0.2, -0.15) is 0 Å². The van der Waals surface area contributed by atoms with Crippen molar-refractivity contribution in [3.8, 4) is 56.7 Å². The maximum Gasteiger partial charge on any atom is 0.227 e. The first-order valence-corrected chi connectivity index (χ1v) is 15.9. The molecule has 6 aromatic carbocycles. The summed E-state index contributed by atoms with van der Waals surface area (Å²) in [7, 11) is 0. The second kappa shape index (κ2) is 10.9. The number of oxazole rings is 1. The number of rotatable bonds is 5. The summed E-state index contributed by atoms with van der Waals surface area (Å²) in [6.45, 7) is 0. The molecule has 0 amide bonds. The van der Waals surface area contributed by atoms with E-state index in [2.05, 4.69) is 48.5 Å². The molecule has 3 aromatic heterocycles. The van der Waals surface area contributed by atoms with E-state index in [4.69, 9.17) is 24.4 Å². The lowest BCUT2D eigenvalue weighted by Crippen LogP contribution is -1.99. The van der Waals surface area contributed by atoms with Crippen molar-refractivity contribution in [2.45, 2.75) is 0 Å². The van der Waals surface area contributed by atoms with E-state index >= 15 is 0 Å². The SMILES string of the molecule is c1ccc(-c2nc(-c3ccccc3)nc(-c3ccc4c(c3)sc3cccc(-c5cccc6nc(-c7ccccc7)oc56)c34)n2)cc1. The molecule has 0 spiro atoms. The van der Waals surface area contributed by atoms with Crippen LogP contribution in [-0.2, 0) is 0 Å². The fourth-order valence-electron chi connectivity index (χ4n) is 5.99. The Bertz CT molecular complexity index is 2470. The van der Waals surface area contributed by atoms with Gasteiger partial charge in [0.2, 0.25) is 5.89 Å². The molecule has 216 valence electrons. The number of benzene rings is 6. The summed E-state index contributed by atoms with van der Waals surface area (Å²) >= 11 is 1.77. The zero-order valence-corrected chi connectivity index (χ0v) is 25.3. The number of fused-ring (bicyclic) bond motifs is 4. The summed E-state index contributed by atoms with van der Waals surface area (Å²) in [6, 6.07) is 49.3. The number of hydrogen-bond acceptors (Lipinski definition) is 6. The van der Waals surface area contributed by atoms with E-state index in [1.165, 1.54) is 15.5 Å². The molecule has 0 saturated carbocycles. The molecule has 6 heteroatoms. The summed E-state index contributed by atoms with van der Waals surface area (Å²) in [5, 5.41) is 2.38. The quantitative estimate of drug-likeness (QED) is 0.194. The van der Waals surface area contributed by atoms with E-state index < -0.39 is 0 Å². The lowest BCUT2D eigenvalue weighted by atomic mass is 9.98. The van der Waals surface area contributed by atoms with Gasteiger partial charge in [0.1, 0.15) is 5.52 Å². The van der Waals surface area contributed by atoms with Gasteiger partial charge in [-0.1, -0.05) is 115 Å². The van der Waals surface area contributed by atoms with Gasteiger partial charge in [-0.15, -0.1) is 11.3 Å². The zero-order chi connectivity index (χ0) is 30.5. The Morgan fingerprint density at radius 3 is 1.70 bits per heavy atom. The van der Waals surface area contributed by atoms with Gasteiger partial charge in [0.05, 0.1) is 0 Å². The van der Waals surface area contributed by atoms with Crippen LogP contribution in [0.3, 0.4) is 0 Å². The minimum absolute atomic E-state index is 0.622. The highest BCUT2D eigenvalue weighted by molar-refractivity contribution is 7.26. The third-order valence-electron chi connectivity index (χ3n) is 8.18. The predicted molar refractivity (Wildman–Crippen MR) is 187 cm³/mol. The first-order valence-electron chi connectivity index (χ1n) is 15.1. The molecule has 0 N–H and O–H groups in total. The summed E-state index contributed by atoms with van der Waals surface area (Å²) in [5.74, 6) is 2.57. The molecule has 0 atom stereocenters. The van der Waals surface area contributed by atoms with Crippen LogP contribution in [0.1, 0.15) is 0 Å². The van der Waals surface area contributed by atoms with Crippen molar-refractivity contribution in [3.63, 3.8) is 0 Å². The molecule has 0 saturated heterocycles. The number of para-hydroxylation sites is 1. The van der Waals surface area contributed by atoms with Crippen molar-refractivity contribution in [1.82, 2.24) is 19.9 Å². The Hall–Kier alpha value is -5.98. The monoisotopic (exact) mass is 608 g/mol. The van der Waals surface area contributed by atoms with Crippen molar-refractivity contribution in [2.75, 3.05) is 0 Å². The second-order valence-electron chi connectivity index (χ2n) is 11.1. The van der Waals surface area contributed by atoms with Crippen molar-refractivity contribution in [2.24, 2.45) is 0 Å². The van der Waals surface area contributed by atoms with Crippen LogP contribution < -0.4 is 0 Å². The van der Waals surface area contributed by atoms with Crippen LogP contribution >= 0.6 is 11.3 Å². The fraction of sp³-hybridized carbons (Fsp3) is 0. The third-order valence-corrected chi connectivity index (χ3v) is 9.30. The maximum atomic E-state index is 6.42. The Kier molecular flexibility index (Phi) is 6.25. The van der Waals surface area contributed by atoms with E-state index in [0.717, 1.165) is 49.2 Å². The highest BCUT2D eigenvalue weighted by atomic mass is 32.1. The Balaban J connectivity index is 1.20. The lowest BCUT2D eigenvalue weighted by Gasteiger charge is -2.09. The van der Waals surface area contributed by atoms with Crippen LogP contribution in [0.15, 0.2) is 150 Å². The minimum atomic E-state index is 0.622. The molecular formula is C40H24N4OS. The minimum Gasteiger partial charge on any atom is -0.435 e. The molecule has 0 fully saturated rings. The van der Waals surface area contributed by atoms with Gasteiger partial charge >= 0.3 is 0 Å². The van der Waals surface area contributed by atoms with Gasteiger partial charge in [-0.25, -0.2) is 19.9 Å². The van der Waals surface area contributed by atoms with Gasteiger partial charge in [-0.05, 0) is 35.9 Å². The number of thiophene rings is 1. The van der Waals surface area contributed by atoms with Crippen LogP contribution in [0.25, 0.3) is 88.0 Å². The van der Waals surface area contributed by atoms with Gasteiger partial charge in [0, 0.05) is 48.0 Å². The summed E-state index contributed by atoms with van der Waals surface area (Å²) in [6.07, 6.45) is 0. The van der Waals surface area contributed by atoms with Crippen LogP contribution in [0.4, 0.5) is 0 Å². The van der Waals surface area contributed by atoms with Crippen LogP contribution in [0, 0.1) is 0 Å². The van der Waals surface area contributed by atoms with E-state index in [1.54, 1.807) is 11.3 Å². The number of aromatic nitrogens is 4. The number of nitrogens with zero attached hydrogens (tertiary/aromatic N) is 4. The largest absolute Gasteiger partial charge is 0.435 e. The van der Waals surface area contributed by atoms with Crippen molar-refractivity contribution in [1.29, 1.82) is 0 Å². The van der Waals surface area contributed by atoms with Crippen LogP contribution in [-0.4, -0.2) is 19.9 Å². The molecule has 46 heavy (non-hydrogen) atoms. The molecule has 0 unspecified atom stereocenters. The molecule has 0 aliphatic carbocycles. The average Bonchev–Trinajstić information content (AvgIpc) is 3.74. The average molecular weight is 609 g/mol. The van der Waals surface area contributed by atoms with Gasteiger partial charge in [0.15, 0.2) is 23.1 Å². The molecule has 3 heterocycles. The maximum absolute atomic E-state index is 6.42. The normalized spacial score (nSPS) is 11.5. The van der Waals surface area contributed by atoms with E-state index in [9.17, 15) is 0 Å². The summed E-state index contributed by atoms with van der Waals surface area (Å²) in [4.78, 5) is 19.6. The Labute approximate surface area is 268 Å². The van der Waals surface area contributed by atoms with E-state index in [0.29, 0.717) is 23.4 Å². The topological polar surface area (TPSA) is 64.7 Å². The van der Waals surface area contributed by atoms with Gasteiger partial charge in [-0.3, -0.25) is 0 Å². The molecule has 0 aliphatic heterocycles. The van der Waals surface area contributed by atoms with E-state index in [-0.39, 0.29) is 0 Å². The fourth-order valence-corrected chi connectivity index (χ4v) is 7.16. The van der Waals surface area contributed by atoms with Gasteiger partial charge < -0.3 is 4.42 Å². The molecule has 0 bridgehead atoms. The first kappa shape index (κ1) is 26.4. The zero-order valence-electron chi connectivity index (χ0n) is 24.5. The van der Waals surface area contributed by atoms with Crippen LogP contribution in [0.2, 0.25) is 0 Å². The highest BCUT2D eigenvalue weighted by Crippen LogP contribution is 2.43. The van der Waals surface area contributed by atoms with Crippen molar-refractivity contribution in [3.05, 3.63) is 146 Å². The highest BCUT2D eigenvalue weighted by Gasteiger charge is 2.18. The van der Waals surface area contributed by atoms with Crippen molar-refractivity contribution >= 4 is 42.6 Å². The predicted octanol–water partition coefficient (Wildman–Crippen LogP) is 10.7. The Morgan fingerprint density at radius 1 is 0.435 bits per heavy atom. The third kappa shape index (κ3) is 4.55. The lowest BCUT2D eigenvalue weighted by molar-refractivity contribution is 0.621. The smallest absolute Gasteiger partial charge is 0.227 e. The molecule has 0 radical (unpaired) electrons. The first-order chi connectivity index (χ1) is 22.8. The Morgan fingerprint density at radius 2 is 1.02 bits per heavy atom. The molecule has 0 aliphatic rings. The summed E-state index contributed by atoms with van der Waals surface area (Å²) < 4.78 is 8.79. The standard InChI is InChI=1S/C40H24N4OS/c1-4-12-25(13-5-1)37-42-38(26-14-6-2-7-15-26)44-39(43-37)28-22-23-31-34(24-28)46-33-21-11-18-29(35(31)33)30-19-10-20-32-36(30)45-40(41-32)27-16-8-3-9-17-27/h1-24H. The van der Waals surface area contributed by atoms with Crippen LogP contribution in [0.5, 0.6) is 0 Å². The molecule has 9 aromatic rings. The summed E-state index contributed by atoms with van der Waals surface area (Å²) in [5.41, 5.74) is 7.59. The van der Waals surface area contributed by atoms with Gasteiger partial charge in [0.25, 0.3) is 0 Å². The molecule has 5 nitrogen and oxygen atoms in total. The second-order valence-corrected chi connectivity index (χ2v) is 12.2. The number of hydrogen-bond donors (Lipinski definition) is 0.